The number of nitrogens with zero attached hydrogens (tertiary/aromatic N) is 4. The zero-order chi connectivity index (χ0) is 50.9. The average molecular weight is 1020 g/mol. The van der Waals surface area contributed by atoms with Crippen molar-refractivity contribution in [3.05, 3.63) is 309 Å². The topological polar surface area (TPSA) is 26.1 Å². The van der Waals surface area contributed by atoms with Crippen LogP contribution < -0.4 is 56.4 Å². The standard InChI is InChI=1S/C70H52N4OSi2/c1-6-24-53(25-7-1)76(54-26-8-2-9-27-54,55-28-10-3-11-29-55)59-41-44-67-68(49-59)71-45-20-21-46-72(71)74(67)52-39-43-66-64(48-52)61-35-16-18-37-65(61)73(66)51-23-22-34-58(47-51)77(56-30-12-4-13-31-56,57-32-14-5-15-33-57)60-40-42-63-62-36-17-19-38-69(62)75-70(63)50-60/h1-50,61,65H. The van der Waals surface area contributed by atoms with Crippen LogP contribution in [-0.2, 0) is 0 Å². The molecule has 1 aliphatic carbocycles. The fraction of sp³-hybridized carbons (Fsp3) is 0.0286. The summed E-state index contributed by atoms with van der Waals surface area (Å²) < 4.78 is 6.65. The van der Waals surface area contributed by atoms with E-state index >= 15 is 0 Å². The van der Waals surface area contributed by atoms with Crippen LogP contribution in [0.3, 0.4) is 0 Å². The van der Waals surface area contributed by atoms with Gasteiger partial charge in [0.25, 0.3) is 0 Å². The normalized spacial score (nSPS) is 16.3. The Kier molecular flexibility index (Phi) is 10.6. The number of para-hydroxylation sites is 1. The molecule has 2 atom stereocenters. The summed E-state index contributed by atoms with van der Waals surface area (Å²) >= 11 is 0. The van der Waals surface area contributed by atoms with E-state index in [0.717, 1.165) is 39.0 Å². The zero-order valence-corrected chi connectivity index (χ0v) is 44.2. The molecular weight excluding hydrogens is 969 g/mol. The molecule has 0 fully saturated rings. The molecule has 1 aromatic heterocycles. The van der Waals surface area contributed by atoms with E-state index in [4.69, 9.17) is 4.42 Å². The van der Waals surface area contributed by atoms with Gasteiger partial charge in [0.15, 0.2) is 16.1 Å². The summed E-state index contributed by atoms with van der Waals surface area (Å²) in [7, 11) is -5.77. The van der Waals surface area contributed by atoms with Crippen LogP contribution in [0.25, 0.3) is 21.9 Å². The van der Waals surface area contributed by atoms with Crippen LogP contribution in [-0.4, -0.2) is 27.3 Å². The van der Waals surface area contributed by atoms with Crippen molar-refractivity contribution >= 4 is 108 Å². The lowest BCUT2D eigenvalue weighted by atomic mass is 9.91. The Morgan fingerprint density at radius 3 is 1.52 bits per heavy atom. The third-order valence-electron chi connectivity index (χ3n) is 16.5. The summed E-state index contributed by atoms with van der Waals surface area (Å²) in [6.07, 6.45) is 17.9. The lowest BCUT2D eigenvalue weighted by molar-refractivity contribution is 0.408. The number of allylic oxidation sites excluding steroid dienone is 4. The van der Waals surface area contributed by atoms with E-state index in [9.17, 15) is 0 Å². The molecule has 15 rings (SSSR count). The van der Waals surface area contributed by atoms with Crippen LogP contribution in [0.4, 0.5) is 28.4 Å². The Balaban J connectivity index is 0.869. The Bertz CT molecular complexity index is 4020. The molecule has 0 saturated carbocycles. The molecule has 2 unspecified atom stereocenters. The summed E-state index contributed by atoms with van der Waals surface area (Å²) in [5.41, 5.74) is 8.90. The SMILES string of the molecule is C1=CC2c3cc(N4c5ccc([Si](c6ccccc6)(c6ccccc6)c6ccccc6)cc5N5C=CC=CN54)ccc3N(c3cccc([Si](c4ccccc4)(c4ccccc4)c4ccc5c(c4)oc4ccccc45)c3)C2C=C1. The van der Waals surface area contributed by atoms with Crippen LogP contribution in [0.5, 0.6) is 0 Å². The Morgan fingerprint density at radius 2 is 0.857 bits per heavy atom. The summed E-state index contributed by atoms with van der Waals surface area (Å²) in [5.74, 6) is 0.144. The maximum absolute atomic E-state index is 6.65. The zero-order valence-electron chi connectivity index (χ0n) is 42.2. The van der Waals surface area contributed by atoms with Crippen molar-refractivity contribution in [1.29, 1.82) is 0 Å². The Morgan fingerprint density at radius 1 is 0.338 bits per heavy atom. The highest BCUT2D eigenvalue weighted by molar-refractivity contribution is 7.20. The van der Waals surface area contributed by atoms with Gasteiger partial charge in [-0.3, -0.25) is 0 Å². The highest BCUT2D eigenvalue weighted by Crippen LogP contribution is 2.51. The number of hydrogen-bond donors (Lipinski definition) is 0. The number of fused-ring (bicyclic) bond motifs is 9. The Hall–Kier alpha value is -9.41. The summed E-state index contributed by atoms with van der Waals surface area (Å²) in [5, 5.41) is 19.9. The van der Waals surface area contributed by atoms with Crippen molar-refractivity contribution in [2.24, 2.45) is 0 Å². The number of furan rings is 1. The molecule has 0 N–H and O–H groups in total. The van der Waals surface area contributed by atoms with Crippen molar-refractivity contribution in [2.75, 3.05) is 14.9 Å². The van der Waals surface area contributed by atoms with E-state index in [0.29, 0.717) is 0 Å². The minimum atomic E-state index is -2.98. The minimum absolute atomic E-state index is 0.0895. The fourth-order valence-electron chi connectivity index (χ4n) is 13.3. The first-order chi connectivity index (χ1) is 38.2. The highest BCUT2D eigenvalue weighted by Gasteiger charge is 2.46. The first-order valence-corrected chi connectivity index (χ1v) is 30.7. The fourth-order valence-corrected chi connectivity index (χ4v) is 22.8. The lowest BCUT2D eigenvalue weighted by Gasteiger charge is -2.36. The van der Waals surface area contributed by atoms with Crippen LogP contribution in [0.2, 0.25) is 0 Å². The largest absolute Gasteiger partial charge is 0.456 e. The summed E-state index contributed by atoms with van der Waals surface area (Å²) in [6.45, 7) is 0. The molecule has 5 nitrogen and oxygen atoms in total. The van der Waals surface area contributed by atoms with Gasteiger partial charge in [0.1, 0.15) is 11.2 Å². The summed E-state index contributed by atoms with van der Waals surface area (Å²) in [6, 6.07) is 95.3. The van der Waals surface area contributed by atoms with Crippen LogP contribution >= 0.6 is 0 Å². The van der Waals surface area contributed by atoms with Gasteiger partial charge in [0, 0.05) is 40.5 Å². The quantitative estimate of drug-likeness (QED) is 0.100. The van der Waals surface area contributed by atoms with Gasteiger partial charge < -0.3 is 9.32 Å². The van der Waals surface area contributed by atoms with Gasteiger partial charge in [0.2, 0.25) is 0 Å². The van der Waals surface area contributed by atoms with Crippen molar-refractivity contribution in [3.63, 3.8) is 0 Å². The molecule has 10 aromatic carbocycles. The second kappa shape index (κ2) is 18.2. The molecule has 77 heavy (non-hydrogen) atoms. The highest BCUT2D eigenvalue weighted by atomic mass is 28.3. The van der Waals surface area contributed by atoms with E-state index in [1.807, 2.05) is 0 Å². The number of anilines is 5. The molecule has 0 spiro atoms. The van der Waals surface area contributed by atoms with Gasteiger partial charge in [-0.25, -0.2) is 10.0 Å². The third-order valence-corrected chi connectivity index (χ3v) is 26.1. The van der Waals surface area contributed by atoms with E-state index in [1.165, 1.54) is 58.4 Å². The molecule has 0 bridgehead atoms. The van der Waals surface area contributed by atoms with Crippen molar-refractivity contribution in [2.45, 2.75) is 12.0 Å². The first kappa shape index (κ1) is 45.0. The molecule has 4 heterocycles. The van der Waals surface area contributed by atoms with E-state index in [2.05, 4.69) is 324 Å². The van der Waals surface area contributed by atoms with Crippen LogP contribution in [0.1, 0.15) is 11.5 Å². The van der Waals surface area contributed by atoms with Gasteiger partial charge in [-0.05, 0) is 114 Å². The smallest absolute Gasteiger partial charge is 0.179 e. The third kappa shape index (κ3) is 6.91. The maximum atomic E-state index is 6.65. The van der Waals surface area contributed by atoms with E-state index in [1.54, 1.807) is 0 Å². The predicted octanol–water partition coefficient (Wildman–Crippen LogP) is 11.2. The van der Waals surface area contributed by atoms with E-state index in [-0.39, 0.29) is 12.0 Å². The molecular formula is C70H52N4OSi2. The first-order valence-electron chi connectivity index (χ1n) is 26.7. The van der Waals surface area contributed by atoms with Crippen LogP contribution in [0, 0.1) is 0 Å². The van der Waals surface area contributed by atoms with Gasteiger partial charge in [-0.15, -0.1) is 0 Å². The Labute approximate surface area is 451 Å². The maximum Gasteiger partial charge on any atom is 0.179 e. The van der Waals surface area contributed by atoms with Gasteiger partial charge in [-0.2, -0.15) is 5.12 Å². The molecule has 0 radical (unpaired) electrons. The molecule has 7 heteroatoms. The molecule has 366 valence electrons. The number of hydrazine groups is 2. The van der Waals surface area contributed by atoms with Gasteiger partial charge in [-0.1, -0.05) is 224 Å². The monoisotopic (exact) mass is 1020 g/mol. The number of rotatable bonds is 10. The molecule has 0 saturated heterocycles. The second-order valence-electron chi connectivity index (χ2n) is 20.5. The predicted molar refractivity (Wildman–Crippen MR) is 326 cm³/mol. The number of benzene rings is 10. The lowest BCUT2D eigenvalue weighted by Crippen LogP contribution is -2.74. The van der Waals surface area contributed by atoms with Crippen molar-refractivity contribution in [1.82, 2.24) is 5.12 Å². The minimum Gasteiger partial charge on any atom is -0.456 e. The number of hydrogen-bond acceptors (Lipinski definition) is 5. The van der Waals surface area contributed by atoms with E-state index < -0.39 is 16.1 Å². The summed E-state index contributed by atoms with van der Waals surface area (Å²) in [4.78, 5) is 2.59. The van der Waals surface area contributed by atoms with Crippen molar-refractivity contribution < 1.29 is 4.42 Å². The molecule has 3 aliphatic heterocycles. The van der Waals surface area contributed by atoms with Gasteiger partial charge in [0.05, 0.1) is 23.1 Å². The molecule has 4 aliphatic rings. The van der Waals surface area contributed by atoms with Crippen LogP contribution in [0.15, 0.2) is 308 Å². The second-order valence-corrected chi connectivity index (χ2v) is 28.1. The molecule has 0 amide bonds. The van der Waals surface area contributed by atoms with Crippen molar-refractivity contribution in [3.8, 4) is 0 Å². The average Bonchev–Trinajstić information content (AvgIpc) is 4.37. The molecule has 11 aromatic rings. The van der Waals surface area contributed by atoms with Gasteiger partial charge >= 0.3 is 0 Å².